The second-order valence-corrected chi connectivity index (χ2v) is 4.12. The molecule has 0 amide bonds. The molecule has 1 heterocycles. The van der Waals surface area contributed by atoms with Crippen LogP contribution >= 0.6 is 24.8 Å². The lowest BCUT2D eigenvalue weighted by molar-refractivity contribution is 0.852. The van der Waals surface area contributed by atoms with Gasteiger partial charge in [-0.1, -0.05) is 29.8 Å². The molecule has 1 unspecified atom stereocenters. The first-order chi connectivity index (χ1) is 7.68. The fourth-order valence-corrected chi connectivity index (χ4v) is 1.83. The van der Waals surface area contributed by atoms with Crippen molar-refractivity contribution in [3.05, 3.63) is 65.0 Å². The summed E-state index contributed by atoms with van der Waals surface area (Å²) in [6, 6.07) is 10.2. The molecule has 18 heavy (non-hydrogen) atoms. The van der Waals surface area contributed by atoms with Crippen LogP contribution in [0, 0.1) is 13.8 Å². The lowest BCUT2D eigenvalue weighted by Gasteiger charge is -2.15. The normalized spacial score (nSPS) is 11.1. The Labute approximate surface area is 120 Å². The Balaban J connectivity index is 0.00000144. The van der Waals surface area contributed by atoms with E-state index >= 15 is 0 Å². The molecule has 0 aliphatic heterocycles. The van der Waals surface area contributed by atoms with E-state index in [2.05, 4.69) is 37.0 Å². The molecule has 1 atom stereocenters. The number of nitrogens with zero attached hydrogens (tertiary/aromatic N) is 1. The van der Waals surface area contributed by atoms with Crippen LogP contribution in [0.5, 0.6) is 0 Å². The van der Waals surface area contributed by atoms with Gasteiger partial charge in [-0.25, -0.2) is 0 Å². The molecule has 4 heteroatoms. The largest absolute Gasteiger partial charge is 0.320 e. The maximum absolute atomic E-state index is 6.25. The van der Waals surface area contributed by atoms with E-state index in [0.717, 1.165) is 5.56 Å². The van der Waals surface area contributed by atoms with Crippen LogP contribution in [-0.4, -0.2) is 4.98 Å². The minimum atomic E-state index is -0.0893. The number of nitrogens with two attached hydrogens (primary N) is 1. The van der Waals surface area contributed by atoms with Gasteiger partial charge < -0.3 is 5.73 Å². The van der Waals surface area contributed by atoms with Gasteiger partial charge in [0.25, 0.3) is 0 Å². The van der Waals surface area contributed by atoms with Crippen LogP contribution in [-0.2, 0) is 0 Å². The highest BCUT2D eigenvalue weighted by Gasteiger charge is 2.11. The standard InChI is InChI=1S/C14H16N2.2ClH/c1-10-5-6-11(2)13(8-10)14(15)12-4-3-7-16-9-12;;/h3-9,14H,15H2,1-2H3;2*1H. The SMILES string of the molecule is Cc1ccc(C)c(C(N)c2cccnc2)c1.Cl.Cl. The van der Waals surface area contributed by atoms with Gasteiger partial charge in [0.15, 0.2) is 0 Å². The van der Waals surface area contributed by atoms with Gasteiger partial charge in [-0.05, 0) is 36.6 Å². The van der Waals surface area contributed by atoms with E-state index in [1.807, 2.05) is 18.3 Å². The van der Waals surface area contributed by atoms with Crippen LogP contribution in [0.4, 0.5) is 0 Å². The number of aryl methyl sites for hydroxylation is 2. The van der Waals surface area contributed by atoms with Gasteiger partial charge in [0.05, 0.1) is 6.04 Å². The number of pyridine rings is 1. The topological polar surface area (TPSA) is 38.9 Å². The van der Waals surface area contributed by atoms with E-state index in [1.54, 1.807) is 6.20 Å². The van der Waals surface area contributed by atoms with Crippen molar-refractivity contribution in [3.8, 4) is 0 Å². The van der Waals surface area contributed by atoms with Crippen molar-refractivity contribution in [2.75, 3.05) is 0 Å². The molecule has 0 saturated carbocycles. The van der Waals surface area contributed by atoms with Gasteiger partial charge in [0, 0.05) is 12.4 Å². The average Bonchev–Trinajstić information content (AvgIpc) is 2.32. The van der Waals surface area contributed by atoms with Gasteiger partial charge >= 0.3 is 0 Å². The van der Waals surface area contributed by atoms with E-state index < -0.39 is 0 Å². The molecular weight excluding hydrogens is 267 g/mol. The van der Waals surface area contributed by atoms with Gasteiger partial charge in [-0.2, -0.15) is 0 Å². The molecular formula is C14H18Cl2N2. The lowest BCUT2D eigenvalue weighted by atomic mass is 9.95. The Morgan fingerprint density at radius 1 is 1.11 bits per heavy atom. The minimum Gasteiger partial charge on any atom is -0.320 e. The maximum Gasteiger partial charge on any atom is 0.0569 e. The summed E-state index contributed by atoms with van der Waals surface area (Å²) >= 11 is 0. The first-order valence-electron chi connectivity index (χ1n) is 5.41. The van der Waals surface area contributed by atoms with E-state index in [-0.39, 0.29) is 30.9 Å². The zero-order chi connectivity index (χ0) is 11.5. The summed E-state index contributed by atoms with van der Waals surface area (Å²) in [4.78, 5) is 4.10. The first kappa shape index (κ1) is 16.9. The number of hydrogen-bond donors (Lipinski definition) is 1. The Kier molecular flexibility index (Phi) is 6.92. The van der Waals surface area contributed by atoms with Gasteiger partial charge in [0.1, 0.15) is 0 Å². The molecule has 98 valence electrons. The van der Waals surface area contributed by atoms with E-state index in [4.69, 9.17) is 5.73 Å². The van der Waals surface area contributed by atoms with Crippen LogP contribution in [0.1, 0.15) is 28.3 Å². The van der Waals surface area contributed by atoms with E-state index in [1.165, 1.54) is 16.7 Å². The highest BCUT2D eigenvalue weighted by Crippen LogP contribution is 2.22. The van der Waals surface area contributed by atoms with Crippen molar-refractivity contribution >= 4 is 24.8 Å². The summed E-state index contributed by atoms with van der Waals surface area (Å²) in [5, 5.41) is 0. The predicted molar refractivity (Wildman–Crippen MR) is 80.7 cm³/mol. The highest BCUT2D eigenvalue weighted by molar-refractivity contribution is 5.85. The van der Waals surface area contributed by atoms with Crippen molar-refractivity contribution in [1.29, 1.82) is 0 Å². The predicted octanol–water partition coefficient (Wildman–Crippen LogP) is 3.59. The Hall–Kier alpha value is -1.09. The zero-order valence-corrected chi connectivity index (χ0v) is 12.1. The quantitative estimate of drug-likeness (QED) is 0.915. The number of halogens is 2. The molecule has 2 nitrogen and oxygen atoms in total. The monoisotopic (exact) mass is 284 g/mol. The molecule has 0 fully saturated rings. The van der Waals surface area contributed by atoms with E-state index in [9.17, 15) is 0 Å². The Bertz CT molecular complexity index is 486. The van der Waals surface area contributed by atoms with Crippen molar-refractivity contribution in [2.45, 2.75) is 19.9 Å². The molecule has 0 aliphatic rings. The van der Waals surface area contributed by atoms with Gasteiger partial charge in [-0.3, -0.25) is 4.98 Å². The minimum absolute atomic E-state index is 0. The maximum atomic E-state index is 6.25. The molecule has 1 aromatic carbocycles. The fourth-order valence-electron chi connectivity index (χ4n) is 1.83. The summed E-state index contributed by atoms with van der Waals surface area (Å²) in [5.41, 5.74) is 10.9. The van der Waals surface area contributed by atoms with Crippen LogP contribution in [0.15, 0.2) is 42.7 Å². The molecule has 0 spiro atoms. The Morgan fingerprint density at radius 3 is 2.44 bits per heavy atom. The molecule has 0 aliphatic carbocycles. The third-order valence-electron chi connectivity index (χ3n) is 2.81. The van der Waals surface area contributed by atoms with Gasteiger partial charge in [-0.15, -0.1) is 24.8 Å². The van der Waals surface area contributed by atoms with Gasteiger partial charge in [0.2, 0.25) is 0 Å². The summed E-state index contributed by atoms with van der Waals surface area (Å²) in [7, 11) is 0. The van der Waals surface area contributed by atoms with Crippen molar-refractivity contribution in [1.82, 2.24) is 4.98 Å². The Morgan fingerprint density at radius 2 is 1.83 bits per heavy atom. The average molecular weight is 285 g/mol. The van der Waals surface area contributed by atoms with Crippen LogP contribution in [0.2, 0.25) is 0 Å². The molecule has 2 N–H and O–H groups in total. The zero-order valence-electron chi connectivity index (χ0n) is 10.5. The third kappa shape index (κ3) is 3.70. The third-order valence-corrected chi connectivity index (χ3v) is 2.81. The van der Waals surface area contributed by atoms with Crippen LogP contribution in [0.25, 0.3) is 0 Å². The van der Waals surface area contributed by atoms with E-state index in [0.29, 0.717) is 0 Å². The molecule has 0 bridgehead atoms. The highest BCUT2D eigenvalue weighted by atomic mass is 35.5. The summed E-state index contributed by atoms with van der Waals surface area (Å²) in [5.74, 6) is 0. The first-order valence-corrected chi connectivity index (χ1v) is 5.41. The second-order valence-electron chi connectivity index (χ2n) is 4.12. The second kappa shape index (κ2) is 7.37. The van der Waals surface area contributed by atoms with Crippen LogP contribution < -0.4 is 5.73 Å². The molecule has 0 saturated heterocycles. The van der Waals surface area contributed by atoms with Crippen molar-refractivity contribution in [3.63, 3.8) is 0 Å². The molecule has 2 rings (SSSR count). The summed E-state index contributed by atoms with van der Waals surface area (Å²) < 4.78 is 0. The van der Waals surface area contributed by atoms with Crippen molar-refractivity contribution in [2.24, 2.45) is 5.73 Å². The number of hydrogen-bond acceptors (Lipinski definition) is 2. The summed E-state index contributed by atoms with van der Waals surface area (Å²) in [6.45, 7) is 4.17. The lowest BCUT2D eigenvalue weighted by Crippen LogP contribution is -2.13. The molecule has 1 aromatic heterocycles. The van der Waals surface area contributed by atoms with Crippen molar-refractivity contribution < 1.29 is 0 Å². The molecule has 2 aromatic rings. The number of benzene rings is 1. The number of aromatic nitrogens is 1. The fraction of sp³-hybridized carbons (Fsp3) is 0.214. The van der Waals surface area contributed by atoms with Crippen LogP contribution in [0.3, 0.4) is 0 Å². The summed E-state index contributed by atoms with van der Waals surface area (Å²) in [6.07, 6.45) is 3.59. The molecule has 0 radical (unpaired) electrons. The smallest absolute Gasteiger partial charge is 0.0569 e. The number of rotatable bonds is 2.